The molecular weight excluding hydrogens is 372 g/mol. The Balaban J connectivity index is 2.38. The van der Waals surface area contributed by atoms with Crippen LogP contribution in [0.4, 0.5) is 4.79 Å². The van der Waals surface area contributed by atoms with Crippen LogP contribution in [-0.4, -0.2) is 37.3 Å². The second-order valence-corrected chi connectivity index (χ2v) is 7.09. The van der Waals surface area contributed by atoms with Gasteiger partial charge in [0, 0.05) is 24.1 Å². The lowest BCUT2D eigenvalue weighted by Crippen LogP contribution is -2.42. The quantitative estimate of drug-likeness (QED) is 0.391. The van der Waals surface area contributed by atoms with Crippen LogP contribution < -0.4 is 16.0 Å². The summed E-state index contributed by atoms with van der Waals surface area (Å²) in [4.78, 5) is 16.1. The van der Waals surface area contributed by atoms with Gasteiger partial charge in [0.05, 0.1) is 6.54 Å². The van der Waals surface area contributed by atoms with Gasteiger partial charge in [-0.1, -0.05) is 28.1 Å². The number of guanidine groups is 1. The van der Waals surface area contributed by atoms with Crippen molar-refractivity contribution >= 4 is 28.0 Å². The van der Waals surface area contributed by atoms with Crippen LogP contribution in [-0.2, 0) is 11.3 Å². The van der Waals surface area contributed by atoms with Crippen molar-refractivity contribution in [2.75, 3.05) is 19.6 Å². The Kier molecular flexibility index (Phi) is 8.60. The Labute approximate surface area is 152 Å². The molecule has 0 saturated carbocycles. The number of benzene rings is 1. The standard InChI is InChI=1S/C17H27BrN4O2/c1-5-19-15(22-12-13-6-8-14(18)9-7-13)20-10-11-21-16(23)24-17(2,3)4/h6-9H,5,10-12H2,1-4H3,(H,21,23)(H2,19,20,22). The van der Waals surface area contributed by atoms with E-state index in [1.165, 1.54) is 0 Å². The van der Waals surface area contributed by atoms with E-state index < -0.39 is 11.7 Å². The molecule has 0 bridgehead atoms. The molecule has 134 valence electrons. The van der Waals surface area contributed by atoms with Gasteiger partial charge in [0.25, 0.3) is 0 Å². The molecule has 0 fully saturated rings. The maximum atomic E-state index is 11.6. The molecule has 0 heterocycles. The molecular formula is C17H27BrN4O2. The molecule has 0 spiro atoms. The first-order valence-corrected chi connectivity index (χ1v) is 8.83. The number of nitrogens with one attached hydrogen (secondary N) is 3. The number of ether oxygens (including phenoxy) is 1. The normalized spacial score (nSPS) is 11.8. The molecule has 0 radical (unpaired) electrons. The molecule has 1 rings (SSSR count). The second-order valence-electron chi connectivity index (χ2n) is 6.18. The SMILES string of the molecule is CCNC(=NCc1ccc(Br)cc1)NCCNC(=O)OC(C)(C)C. The Bertz CT molecular complexity index is 539. The minimum absolute atomic E-state index is 0.416. The van der Waals surface area contributed by atoms with Crippen molar-refractivity contribution in [1.29, 1.82) is 0 Å². The van der Waals surface area contributed by atoms with Gasteiger partial charge in [-0.15, -0.1) is 0 Å². The summed E-state index contributed by atoms with van der Waals surface area (Å²) in [7, 11) is 0. The van der Waals surface area contributed by atoms with Gasteiger partial charge in [-0.05, 0) is 45.4 Å². The van der Waals surface area contributed by atoms with E-state index >= 15 is 0 Å². The molecule has 7 heteroatoms. The number of carbonyl (C=O) groups excluding carboxylic acids is 1. The van der Waals surface area contributed by atoms with Crippen LogP contribution in [0.5, 0.6) is 0 Å². The van der Waals surface area contributed by atoms with Crippen LogP contribution in [0.2, 0.25) is 0 Å². The van der Waals surface area contributed by atoms with E-state index in [0.29, 0.717) is 25.6 Å². The van der Waals surface area contributed by atoms with Crippen molar-refractivity contribution in [3.8, 4) is 0 Å². The van der Waals surface area contributed by atoms with Gasteiger partial charge in [0.1, 0.15) is 5.60 Å². The van der Waals surface area contributed by atoms with Crippen molar-refractivity contribution in [2.45, 2.75) is 39.8 Å². The molecule has 24 heavy (non-hydrogen) atoms. The van der Waals surface area contributed by atoms with E-state index in [2.05, 4.69) is 36.9 Å². The van der Waals surface area contributed by atoms with E-state index in [4.69, 9.17) is 4.74 Å². The zero-order chi connectivity index (χ0) is 18.0. The number of carbonyl (C=O) groups is 1. The molecule has 1 aromatic carbocycles. The number of aliphatic imine (C=N–C) groups is 1. The zero-order valence-electron chi connectivity index (χ0n) is 14.8. The lowest BCUT2D eigenvalue weighted by atomic mass is 10.2. The Morgan fingerprint density at radius 1 is 1.12 bits per heavy atom. The minimum atomic E-state index is -0.488. The number of halogens is 1. The third-order valence-corrected chi connectivity index (χ3v) is 3.29. The van der Waals surface area contributed by atoms with Crippen molar-refractivity contribution in [3.05, 3.63) is 34.3 Å². The van der Waals surface area contributed by atoms with Crippen molar-refractivity contribution in [1.82, 2.24) is 16.0 Å². The predicted molar refractivity (Wildman–Crippen MR) is 101 cm³/mol. The molecule has 0 aliphatic carbocycles. The Morgan fingerprint density at radius 2 is 1.75 bits per heavy atom. The van der Waals surface area contributed by atoms with Crippen molar-refractivity contribution in [2.24, 2.45) is 4.99 Å². The average Bonchev–Trinajstić information content (AvgIpc) is 2.49. The van der Waals surface area contributed by atoms with Crippen molar-refractivity contribution in [3.63, 3.8) is 0 Å². The average molecular weight is 399 g/mol. The van der Waals surface area contributed by atoms with Gasteiger partial charge in [0.15, 0.2) is 5.96 Å². The third-order valence-electron chi connectivity index (χ3n) is 2.76. The summed E-state index contributed by atoms with van der Waals surface area (Å²) in [6.45, 7) is 9.89. The lowest BCUT2D eigenvalue weighted by molar-refractivity contribution is 0.0529. The molecule has 0 saturated heterocycles. The fraction of sp³-hybridized carbons (Fsp3) is 0.529. The summed E-state index contributed by atoms with van der Waals surface area (Å²) in [5.74, 6) is 0.714. The number of hydrogen-bond donors (Lipinski definition) is 3. The summed E-state index contributed by atoms with van der Waals surface area (Å²) in [6.07, 6.45) is -0.416. The molecule has 3 N–H and O–H groups in total. The number of rotatable bonds is 6. The summed E-state index contributed by atoms with van der Waals surface area (Å²) >= 11 is 3.42. The van der Waals surface area contributed by atoms with Gasteiger partial charge in [0.2, 0.25) is 0 Å². The number of alkyl carbamates (subject to hydrolysis) is 1. The number of amides is 1. The Hall–Kier alpha value is -1.76. The first-order valence-electron chi connectivity index (χ1n) is 8.03. The highest BCUT2D eigenvalue weighted by molar-refractivity contribution is 9.10. The predicted octanol–water partition coefficient (Wildman–Crippen LogP) is 3.03. The molecule has 0 atom stereocenters. The smallest absolute Gasteiger partial charge is 0.407 e. The second kappa shape index (κ2) is 10.2. The molecule has 0 aliphatic rings. The van der Waals surface area contributed by atoms with E-state index in [0.717, 1.165) is 16.6 Å². The van der Waals surface area contributed by atoms with Crippen LogP contribution in [0.25, 0.3) is 0 Å². The molecule has 0 aromatic heterocycles. The summed E-state index contributed by atoms with van der Waals surface area (Å²) in [5.41, 5.74) is 0.640. The van der Waals surface area contributed by atoms with Gasteiger partial charge in [-0.3, -0.25) is 0 Å². The van der Waals surface area contributed by atoms with Gasteiger partial charge >= 0.3 is 6.09 Å². The largest absolute Gasteiger partial charge is 0.444 e. The van der Waals surface area contributed by atoms with E-state index in [-0.39, 0.29) is 0 Å². The first-order chi connectivity index (χ1) is 11.3. The fourth-order valence-corrected chi connectivity index (χ4v) is 2.03. The maximum absolute atomic E-state index is 11.6. The number of hydrogen-bond acceptors (Lipinski definition) is 3. The molecule has 1 aromatic rings. The van der Waals surface area contributed by atoms with E-state index in [9.17, 15) is 4.79 Å². The zero-order valence-corrected chi connectivity index (χ0v) is 16.4. The highest BCUT2D eigenvalue weighted by atomic mass is 79.9. The Morgan fingerprint density at radius 3 is 2.33 bits per heavy atom. The maximum Gasteiger partial charge on any atom is 0.407 e. The van der Waals surface area contributed by atoms with Gasteiger partial charge in [-0.2, -0.15) is 0 Å². The van der Waals surface area contributed by atoms with Crippen LogP contribution in [0.3, 0.4) is 0 Å². The molecule has 0 aliphatic heterocycles. The highest BCUT2D eigenvalue weighted by Crippen LogP contribution is 2.11. The minimum Gasteiger partial charge on any atom is -0.444 e. The fourth-order valence-electron chi connectivity index (χ4n) is 1.76. The highest BCUT2D eigenvalue weighted by Gasteiger charge is 2.15. The van der Waals surface area contributed by atoms with Crippen molar-refractivity contribution < 1.29 is 9.53 Å². The van der Waals surface area contributed by atoms with Gasteiger partial charge < -0.3 is 20.7 Å². The monoisotopic (exact) mass is 398 g/mol. The lowest BCUT2D eigenvalue weighted by Gasteiger charge is -2.19. The summed E-state index contributed by atoms with van der Waals surface area (Å²) in [6, 6.07) is 8.05. The summed E-state index contributed by atoms with van der Waals surface area (Å²) < 4.78 is 6.23. The van der Waals surface area contributed by atoms with Crippen LogP contribution in [0.15, 0.2) is 33.7 Å². The first kappa shape index (κ1) is 20.3. The van der Waals surface area contributed by atoms with Crippen LogP contribution >= 0.6 is 15.9 Å². The topological polar surface area (TPSA) is 74.8 Å². The summed E-state index contributed by atoms with van der Waals surface area (Å²) in [5, 5.41) is 9.06. The third kappa shape index (κ3) is 9.39. The van der Waals surface area contributed by atoms with Gasteiger partial charge in [-0.25, -0.2) is 9.79 Å². The molecule has 6 nitrogen and oxygen atoms in total. The van der Waals surface area contributed by atoms with E-state index in [1.54, 1.807) is 0 Å². The molecule has 1 amide bonds. The van der Waals surface area contributed by atoms with Crippen LogP contribution in [0, 0.1) is 0 Å². The van der Waals surface area contributed by atoms with Crippen LogP contribution in [0.1, 0.15) is 33.3 Å². The number of nitrogens with zero attached hydrogens (tertiary/aromatic N) is 1. The van der Waals surface area contributed by atoms with E-state index in [1.807, 2.05) is 52.0 Å². The molecule has 0 unspecified atom stereocenters.